The predicted octanol–water partition coefficient (Wildman–Crippen LogP) is 0.357. The molecule has 1 aromatic rings. The Bertz CT molecular complexity index is 288. The summed E-state index contributed by atoms with van der Waals surface area (Å²) >= 11 is 0. The molecule has 0 radical (unpaired) electrons. The van der Waals surface area contributed by atoms with E-state index in [9.17, 15) is 5.11 Å². The van der Waals surface area contributed by atoms with Gasteiger partial charge in [-0.15, -0.1) is 0 Å². The number of hydrogen-bond donors (Lipinski definition) is 3. The van der Waals surface area contributed by atoms with Crippen LogP contribution in [0.1, 0.15) is 11.1 Å². The molecule has 0 atom stereocenters. The van der Waals surface area contributed by atoms with Crippen LogP contribution in [0.5, 0.6) is 11.5 Å². The van der Waals surface area contributed by atoms with E-state index in [4.69, 9.17) is 10.0 Å². The molecule has 3 N–H and O–H groups in total. The Labute approximate surface area is 76.6 Å². The third-order valence-corrected chi connectivity index (χ3v) is 1.71. The topological polar surface area (TPSA) is 69.9 Å². The highest BCUT2D eigenvalue weighted by atomic mass is 16.6. The highest BCUT2D eigenvalue weighted by molar-refractivity contribution is 6.33. The molecule has 0 aliphatic carbocycles. The Morgan fingerprint density at radius 3 is 2.00 bits per heavy atom. The molecule has 0 bridgehead atoms. The molecule has 0 aliphatic heterocycles. The average Bonchev–Trinajstić information content (AvgIpc) is 1.98. The van der Waals surface area contributed by atoms with Gasteiger partial charge in [-0.05, 0) is 37.1 Å². The van der Waals surface area contributed by atoms with Crippen LogP contribution in [-0.4, -0.2) is 22.5 Å². The molecule has 0 saturated heterocycles. The van der Waals surface area contributed by atoms with E-state index in [1.165, 1.54) is 12.1 Å². The number of aryl methyl sites for hydroxylation is 2. The number of rotatable bonds is 2. The van der Waals surface area contributed by atoms with Crippen molar-refractivity contribution in [2.45, 2.75) is 13.8 Å². The first-order valence-corrected chi connectivity index (χ1v) is 3.83. The Morgan fingerprint density at radius 1 is 1.15 bits per heavy atom. The van der Waals surface area contributed by atoms with Crippen molar-refractivity contribution >= 4 is 7.32 Å². The van der Waals surface area contributed by atoms with E-state index in [0.717, 1.165) is 0 Å². The number of phenols is 1. The molecular weight excluding hydrogens is 171 g/mol. The Kier molecular flexibility index (Phi) is 2.80. The summed E-state index contributed by atoms with van der Waals surface area (Å²) in [6.07, 6.45) is 0. The van der Waals surface area contributed by atoms with Gasteiger partial charge in [0, 0.05) is 0 Å². The smallest absolute Gasteiger partial charge is 0.512 e. The van der Waals surface area contributed by atoms with Crippen molar-refractivity contribution in [3.63, 3.8) is 0 Å². The molecule has 0 amide bonds. The van der Waals surface area contributed by atoms with Crippen LogP contribution in [-0.2, 0) is 0 Å². The van der Waals surface area contributed by atoms with E-state index < -0.39 is 7.32 Å². The third kappa shape index (κ3) is 2.37. The third-order valence-electron chi connectivity index (χ3n) is 1.71. The maximum atomic E-state index is 9.38. The van der Waals surface area contributed by atoms with Gasteiger partial charge in [-0.1, -0.05) is 0 Å². The maximum Gasteiger partial charge on any atom is 0.707 e. The fourth-order valence-electron chi connectivity index (χ4n) is 1.11. The van der Waals surface area contributed by atoms with Gasteiger partial charge in [-0.25, -0.2) is 0 Å². The van der Waals surface area contributed by atoms with E-state index in [-0.39, 0.29) is 5.75 Å². The lowest BCUT2D eigenvalue weighted by Gasteiger charge is -2.08. The van der Waals surface area contributed by atoms with Crippen LogP contribution >= 0.6 is 0 Å². The van der Waals surface area contributed by atoms with Gasteiger partial charge in [0.25, 0.3) is 0 Å². The summed E-state index contributed by atoms with van der Waals surface area (Å²) in [4.78, 5) is 0. The second-order valence-corrected chi connectivity index (χ2v) is 2.85. The van der Waals surface area contributed by atoms with Crippen molar-refractivity contribution in [2.75, 3.05) is 0 Å². The van der Waals surface area contributed by atoms with Gasteiger partial charge >= 0.3 is 7.32 Å². The van der Waals surface area contributed by atoms with Gasteiger partial charge in [-0.2, -0.15) is 0 Å². The van der Waals surface area contributed by atoms with Crippen molar-refractivity contribution in [3.05, 3.63) is 23.3 Å². The molecule has 0 fully saturated rings. The number of benzene rings is 1. The van der Waals surface area contributed by atoms with Crippen molar-refractivity contribution in [2.24, 2.45) is 0 Å². The van der Waals surface area contributed by atoms with E-state index in [0.29, 0.717) is 16.9 Å². The minimum atomic E-state index is -1.83. The fourth-order valence-corrected chi connectivity index (χ4v) is 1.11. The predicted molar refractivity (Wildman–Crippen MR) is 48.4 cm³/mol. The summed E-state index contributed by atoms with van der Waals surface area (Å²) in [5.74, 6) is 0.516. The van der Waals surface area contributed by atoms with Crippen LogP contribution in [0.15, 0.2) is 12.1 Å². The van der Waals surface area contributed by atoms with E-state index in [1.807, 2.05) is 0 Å². The van der Waals surface area contributed by atoms with Crippen LogP contribution < -0.4 is 4.65 Å². The van der Waals surface area contributed by atoms with Gasteiger partial charge in [0.1, 0.15) is 11.5 Å². The first-order valence-electron chi connectivity index (χ1n) is 3.83. The largest absolute Gasteiger partial charge is 0.707 e. The lowest BCUT2D eigenvalue weighted by molar-refractivity contribution is 0.287. The summed E-state index contributed by atoms with van der Waals surface area (Å²) in [6.45, 7) is 3.41. The standard InChI is InChI=1S/C8H11BO4/c1-5-3-7(13-9(11)12)4-6(2)8(5)10/h3-4,10-12H,1-2H3. The van der Waals surface area contributed by atoms with Crippen molar-refractivity contribution < 1.29 is 19.8 Å². The second-order valence-electron chi connectivity index (χ2n) is 2.85. The molecular formula is C8H11BO4. The van der Waals surface area contributed by atoms with E-state index in [2.05, 4.69) is 4.65 Å². The summed E-state index contributed by atoms with van der Waals surface area (Å²) in [5.41, 5.74) is 1.27. The van der Waals surface area contributed by atoms with Crippen LogP contribution in [0.4, 0.5) is 0 Å². The quantitative estimate of drug-likeness (QED) is 0.577. The molecule has 0 spiro atoms. The Hall–Kier alpha value is -1.20. The second kappa shape index (κ2) is 3.68. The first-order chi connectivity index (χ1) is 6.00. The van der Waals surface area contributed by atoms with Gasteiger partial charge in [-0.3, -0.25) is 0 Å². The van der Waals surface area contributed by atoms with E-state index in [1.54, 1.807) is 13.8 Å². The van der Waals surface area contributed by atoms with Gasteiger partial charge in [0.05, 0.1) is 0 Å². The van der Waals surface area contributed by atoms with Crippen molar-refractivity contribution in [3.8, 4) is 11.5 Å². The minimum absolute atomic E-state index is 0.194. The van der Waals surface area contributed by atoms with Gasteiger partial charge < -0.3 is 19.8 Å². The molecule has 0 aliphatic rings. The van der Waals surface area contributed by atoms with Gasteiger partial charge in [0.15, 0.2) is 0 Å². The SMILES string of the molecule is Cc1cc(OB(O)O)cc(C)c1O. The van der Waals surface area contributed by atoms with Crippen LogP contribution in [0.2, 0.25) is 0 Å². The molecule has 0 heterocycles. The lowest BCUT2D eigenvalue weighted by atomic mass is 10.1. The summed E-state index contributed by atoms with van der Waals surface area (Å²) in [5, 5.41) is 26.4. The summed E-state index contributed by atoms with van der Waals surface area (Å²) in [7, 11) is -1.83. The molecule has 70 valence electrons. The Balaban J connectivity index is 2.99. The zero-order chi connectivity index (χ0) is 10.0. The number of phenolic OH excluding ortho intramolecular Hbond substituents is 1. The first kappa shape index (κ1) is 9.89. The van der Waals surface area contributed by atoms with Gasteiger partial charge in [0.2, 0.25) is 0 Å². The number of aromatic hydroxyl groups is 1. The molecule has 4 nitrogen and oxygen atoms in total. The maximum absolute atomic E-state index is 9.38. The molecule has 5 heteroatoms. The normalized spacial score (nSPS) is 9.85. The van der Waals surface area contributed by atoms with Crippen LogP contribution in [0, 0.1) is 13.8 Å². The molecule has 0 unspecified atom stereocenters. The summed E-state index contributed by atoms with van der Waals surface area (Å²) < 4.78 is 4.63. The lowest BCUT2D eigenvalue weighted by Crippen LogP contribution is -2.20. The highest BCUT2D eigenvalue weighted by Crippen LogP contribution is 2.26. The molecule has 1 rings (SSSR count). The van der Waals surface area contributed by atoms with Crippen LogP contribution in [0.25, 0.3) is 0 Å². The zero-order valence-corrected chi connectivity index (χ0v) is 7.48. The molecule has 0 aromatic heterocycles. The summed E-state index contributed by atoms with van der Waals surface area (Å²) in [6, 6.07) is 3.06. The number of hydrogen-bond acceptors (Lipinski definition) is 4. The van der Waals surface area contributed by atoms with Crippen molar-refractivity contribution in [1.29, 1.82) is 0 Å². The monoisotopic (exact) mass is 182 g/mol. The van der Waals surface area contributed by atoms with E-state index >= 15 is 0 Å². The molecule has 1 aromatic carbocycles. The van der Waals surface area contributed by atoms with Crippen LogP contribution in [0.3, 0.4) is 0 Å². The molecule has 0 saturated carbocycles. The Morgan fingerprint density at radius 2 is 1.62 bits per heavy atom. The van der Waals surface area contributed by atoms with Crippen molar-refractivity contribution in [1.82, 2.24) is 0 Å². The highest BCUT2D eigenvalue weighted by Gasteiger charge is 2.12. The zero-order valence-electron chi connectivity index (χ0n) is 7.48. The molecule has 13 heavy (non-hydrogen) atoms. The minimum Gasteiger partial charge on any atom is -0.512 e. The average molecular weight is 182 g/mol. The fraction of sp³-hybridized carbons (Fsp3) is 0.250.